The third-order valence-corrected chi connectivity index (χ3v) is 7.55. The molecule has 0 fully saturated rings. The van der Waals surface area contributed by atoms with E-state index in [-0.39, 0.29) is 12.1 Å². The van der Waals surface area contributed by atoms with E-state index in [0.717, 1.165) is 46.0 Å². The molecule has 2 aromatic heterocycles. The fraction of sp³-hybridized carbons (Fsp3) is 0.212. The van der Waals surface area contributed by atoms with Gasteiger partial charge >= 0.3 is 6.03 Å². The van der Waals surface area contributed by atoms with Gasteiger partial charge in [-0.2, -0.15) is 5.10 Å². The summed E-state index contributed by atoms with van der Waals surface area (Å²) in [7, 11) is 1.62. The van der Waals surface area contributed by atoms with Crippen molar-refractivity contribution in [2.45, 2.75) is 39.8 Å². The van der Waals surface area contributed by atoms with Crippen molar-refractivity contribution in [3.63, 3.8) is 0 Å². The van der Waals surface area contributed by atoms with Crippen LogP contribution in [-0.2, 0) is 13.0 Å². The van der Waals surface area contributed by atoms with Gasteiger partial charge in [0.25, 0.3) is 0 Å². The Hall–Kier alpha value is -4.78. The average Bonchev–Trinajstić information content (AvgIpc) is 3.55. The van der Waals surface area contributed by atoms with Gasteiger partial charge in [0.15, 0.2) is 0 Å². The van der Waals surface area contributed by atoms with Gasteiger partial charge in [-0.05, 0) is 67.8 Å². The zero-order chi connectivity index (χ0) is 27.8. The number of fused-ring (bicyclic) bond motifs is 3. The summed E-state index contributed by atoms with van der Waals surface area (Å²) in [5, 5.41) is 8.21. The van der Waals surface area contributed by atoms with Gasteiger partial charge in [-0.15, -0.1) is 0 Å². The molecule has 3 heterocycles. The number of methoxy groups -OCH3 is 1. The molecule has 0 spiro atoms. The van der Waals surface area contributed by atoms with Crippen molar-refractivity contribution in [3.8, 4) is 17.3 Å². The van der Waals surface area contributed by atoms with Crippen LogP contribution >= 0.6 is 0 Å². The molecule has 2 amide bonds. The number of ether oxygens (including phenoxy) is 1. The number of rotatable bonds is 5. The average molecular weight is 532 g/mol. The molecule has 1 atom stereocenters. The standard InChI is InChI=1S/C33H33N5O2/c1-5-27-26-21-37(33(39)34-28-20-23(3)15-18-30(28)40-4)31(24-16-13-22(2)14-17-24)29-12-9-19-36(29)32(26)38(35-27)25-10-7-6-8-11-25/h6-20,31H,5,21H2,1-4H3,(H,34,39)/t31-/m0/s1. The summed E-state index contributed by atoms with van der Waals surface area (Å²) in [6, 6.07) is 28.0. The SMILES string of the molecule is CCc1nn(-c2ccccc2)c2c1CN(C(=O)Nc1cc(C)ccc1OC)[C@@H](c1ccc(C)cc1)c1cccn1-2. The van der Waals surface area contributed by atoms with Gasteiger partial charge < -0.3 is 19.5 Å². The van der Waals surface area contributed by atoms with E-state index in [9.17, 15) is 4.79 Å². The van der Waals surface area contributed by atoms with Gasteiger partial charge in [0.2, 0.25) is 0 Å². The van der Waals surface area contributed by atoms with E-state index in [1.165, 1.54) is 5.56 Å². The summed E-state index contributed by atoms with van der Waals surface area (Å²) in [5.74, 6) is 1.58. The number of urea groups is 1. The second-order valence-electron chi connectivity index (χ2n) is 10.2. The molecule has 40 heavy (non-hydrogen) atoms. The highest BCUT2D eigenvalue weighted by atomic mass is 16.5. The lowest BCUT2D eigenvalue weighted by atomic mass is 10.0. The van der Waals surface area contributed by atoms with Gasteiger partial charge in [-0.3, -0.25) is 0 Å². The summed E-state index contributed by atoms with van der Waals surface area (Å²) in [6.45, 7) is 6.58. The van der Waals surface area contributed by atoms with Crippen molar-refractivity contribution < 1.29 is 9.53 Å². The lowest BCUT2D eigenvalue weighted by Gasteiger charge is -2.31. The molecular weight excluding hydrogens is 498 g/mol. The molecule has 3 aromatic carbocycles. The number of hydrogen-bond acceptors (Lipinski definition) is 3. The highest BCUT2D eigenvalue weighted by molar-refractivity contribution is 5.92. The third kappa shape index (κ3) is 4.43. The highest BCUT2D eigenvalue weighted by Gasteiger charge is 2.36. The molecule has 1 N–H and O–H groups in total. The van der Waals surface area contributed by atoms with Crippen LogP contribution in [0.4, 0.5) is 10.5 Å². The zero-order valence-corrected chi connectivity index (χ0v) is 23.3. The second kappa shape index (κ2) is 10.4. The number of anilines is 1. The Morgan fingerprint density at radius 2 is 1.73 bits per heavy atom. The monoisotopic (exact) mass is 531 g/mol. The number of aryl methyl sites for hydroxylation is 3. The topological polar surface area (TPSA) is 64.3 Å². The van der Waals surface area contributed by atoms with Crippen LogP contribution in [-0.4, -0.2) is 32.4 Å². The Kier molecular flexibility index (Phi) is 6.64. The number of hydrogen-bond donors (Lipinski definition) is 1. The fourth-order valence-electron chi connectivity index (χ4n) is 5.55. The predicted octanol–water partition coefficient (Wildman–Crippen LogP) is 6.99. The molecule has 5 aromatic rings. The molecule has 0 saturated carbocycles. The molecular formula is C33H33N5O2. The summed E-state index contributed by atoms with van der Waals surface area (Å²) < 4.78 is 9.78. The van der Waals surface area contributed by atoms with E-state index >= 15 is 0 Å². The first kappa shape index (κ1) is 25.5. The van der Waals surface area contributed by atoms with E-state index in [2.05, 4.69) is 72.4 Å². The normalized spacial score (nSPS) is 14.3. The summed E-state index contributed by atoms with van der Waals surface area (Å²) in [6.07, 6.45) is 2.82. The minimum absolute atomic E-state index is 0.204. The molecule has 6 rings (SSSR count). The zero-order valence-electron chi connectivity index (χ0n) is 23.3. The molecule has 1 aliphatic rings. The third-order valence-electron chi connectivity index (χ3n) is 7.55. The van der Waals surface area contributed by atoms with E-state index in [1.54, 1.807) is 7.11 Å². The largest absolute Gasteiger partial charge is 0.495 e. The maximum absolute atomic E-state index is 14.3. The summed E-state index contributed by atoms with van der Waals surface area (Å²) >= 11 is 0. The first-order valence-corrected chi connectivity index (χ1v) is 13.6. The van der Waals surface area contributed by atoms with Gasteiger partial charge in [0.05, 0.1) is 42.5 Å². The van der Waals surface area contributed by atoms with Gasteiger partial charge in [-0.1, -0.05) is 61.0 Å². The van der Waals surface area contributed by atoms with Gasteiger partial charge in [0.1, 0.15) is 11.6 Å². The Labute approximate surface area is 234 Å². The van der Waals surface area contributed by atoms with Crippen LogP contribution in [0.2, 0.25) is 0 Å². The number of nitrogens with one attached hydrogen (secondary N) is 1. The van der Waals surface area contributed by atoms with Crippen molar-refractivity contribution in [2.24, 2.45) is 0 Å². The second-order valence-corrected chi connectivity index (χ2v) is 10.2. The number of nitrogens with zero attached hydrogens (tertiary/aromatic N) is 4. The van der Waals surface area contributed by atoms with Crippen molar-refractivity contribution in [2.75, 3.05) is 12.4 Å². The van der Waals surface area contributed by atoms with E-state index in [1.807, 2.05) is 59.0 Å². The van der Waals surface area contributed by atoms with Crippen molar-refractivity contribution in [1.29, 1.82) is 0 Å². The Morgan fingerprint density at radius 3 is 2.45 bits per heavy atom. The summed E-state index contributed by atoms with van der Waals surface area (Å²) in [5.41, 5.74) is 7.87. The molecule has 0 bridgehead atoms. The number of para-hydroxylation sites is 1. The first-order chi connectivity index (χ1) is 19.5. The van der Waals surface area contributed by atoms with Crippen LogP contribution in [0.25, 0.3) is 11.5 Å². The van der Waals surface area contributed by atoms with Crippen molar-refractivity contribution in [1.82, 2.24) is 19.2 Å². The Bertz CT molecular complexity index is 1670. The molecule has 0 unspecified atom stereocenters. The van der Waals surface area contributed by atoms with E-state index in [4.69, 9.17) is 9.84 Å². The molecule has 1 aliphatic heterocycles. The lowest BCUT2D eigenvalue weighted by Crippen LogP contribution is -2.38. The number of aromatic nitrogens is 3. The fourth-order valence-corrected chi connectivity index (χ4v) is 5.55. The number of amides is 2. The Balaban J connectivity index is 1.55. The van der Waals surface area contributed by atoms with Crippen LogP contribution in [0.3, 0.4) is 0 Å². The number of benzene rings is 3. The van der Waals surface area contributed by atoms with Crippen LogP contribution in [0.15, 0.2) is 91.1 Å². The molecule has 7 heteroatoms. The maximum atomic E-state index is 14.3. The lowest BCUT2D eigenvalue weighted by molar-refractivity contribution is 0.194. The van der Waals surface area contributed by atoms with E-state index in [0.29, 0.717) is 18.0 Å². The number of carbonyl (C=O) groups excluding carboxylic acids is 1. The number of carbonyl (C=O) groups is 1. The van der Waals surface area contributed by atoms with E-state index < -0.39 is 0 Å². The minimum atomic E-state index is -0.326. The predicted molar refractivity (Wildman–Crippen MR) is 158 cm³/mol. The Morgan fingerprint density at radius 1 is 0.975 bits per heavy atom. The molecule has 0 saturated heterocycles. The van der Waals surface area contributed by atoms with Gasteiger partial charge in [0, 0.05) is 11.8 Å². The van der Waals surface area contributed by atoms with Gasteiger partial charge in [-0.25, -0.2) is 9.48 Å². The molecule has 202 valence electrons. The smallest absolute Gasteiger partial charge is 0.323 e. The van der Waals surface area contributed by atoms with Crippen LogP contribution in [0.1, 0.15) is 46.6 Å². The highest BCUT2D eigenvalue weighted by Crippen LogP contribution is 2.39. The maximum Gasteiger partial charge on any atom is 0.323 e. The minimum Gasteiger partial charge on any atom is -0.495 e. The van der Waals surface area contributed by atoms with Crippen molar-refractivity contribution >= 4 is 11.7 Å². The molecule has 0 radical (unpaired) electrons. The van der Waals surface area contributed by atoms with Crippen LogP contribution < -0.4 is 10.1 Å². The first-order valence-electron chi connectivity index (χ1n) is 13.6. The quantitative estimate of drug-likeness (QED) is 0.266. The van der Waals surface area contributed by atoms with Crippen LogP contribution in [0, 0.1) is 13.8 Å². The summed E-state index contributed by atoms with van der Waals surface area (Å²) in [4.78, 5) is 16.2. The molecule has 7 nitrogen and oxygen atoms in total. The van der Waals surface area contributed by atoms with Crippen molar-refractivity contribution in [3.05, 3.63) is 125 Å². The van der Waals surface area contributed by atoms with Crippen LogP contribution in [0.5, 0.6) is 5.75 Å². The molecule has 0 aliphatic carbocycles.